The summed E-state index contributed by atoms with van der Waals surface area (Å²) in [7, 11) is 0. The van der Waals surface area contributed by atoms with Gasteiger partial charge in [-0.2, -0.15) is 8.78 Å². The topological polar surface area (TPSA) is 61.4 Å². The fraction of sp³-hybridized carbons (Fsp3) is 0.417. The van der Waals surface area contributed by atoms with E-state index in [9.17, 15) is 13.6 Å². The van der Waals surface area contributed by atoms with Crippen molar-refractivity contribution in [2.45, 2.75) is 30.1 Å². The molecule has 1 rings (SSSR count). The van der Waals surface area contributed by atoms with Gasteiger partial charge in [0.15, 0.2) is 0 Å². The molecule has 0 bridgehead atoms. The Hall–Kier alpha value is -1.34. The molecule has 1 unspecified atom stereocenters. The number of rotatable bonds is 6. The average molecular weight is 290 g/mol. The zero-order chi connectivity index (χ0) is 14.3. The molecule has 0 fully saturated rings. The number of halogens is 2. The molecular formula is C12H16F2N2O2S. The Labute approximate surface area is 114 Å². The van der Waals surface area contributed by atoms with E-state index in [2.05, 4.69) is 10.6 Å². The van der Waals surface area contributed by atoms with E-state index in [-0.39, 0.29) is 0 Å². The standard InChI is InChI=1S/C12H16F2N2O2S/c1-8(17)5-6-15-12(18)16-9-3-2-4-10(7-9)19-11(13)14/h2-4,7-8,11,17H,5-6H2,1H3,(H2,15,16,18). The lowest BCUT2D eigenvalue weighted by Gasteiger charge is -2.09. The summed E-state index contributed by atoms with van der Waals surface area (Å²) < 4.78 is 24.4. The minimum Gasteiger partial charge on any atom is -0.393 e. The molecule has 19 heavy (non-hydrogen) atoms. The number of anilines is 1. The Morgan fingerprint density at radius 2 is 2.21 bits per heavy atom. The molecule has 0 spiro atoms. The van der Waals surface area contributed by atoms with Crippen molar-refractivity contribution in [3.05, 3.63) is 24.3 Å². The summed E-state index contributed by atoms with van der Waals surface area (Å²) in [6.07, 6.45) is -0.0274. The Morgan fingerprint density at radius 1 is 1.47 bits per heavy atom. The van der Waals surface area contributed by atoms with Gasteiger partial charge in [0, 0.05) is 17.1 Å². The van der Waals surface area contributed by atoms with Crippen LogP contribution < -0.4 is 10.6 Å². The number of thioether (sulfide) groups is 1. The third-order valence-corrected chi connectivity index (χ3v) is 2.87. The zero-order valence-corrected chi connectivity index (χ0v) is 11.2. The lowest BCUT2D eigenvalue weighted by molar-refractivity contribution is 0.184. The first-order valence-corrected chi connectivity index (χ1v) is 6.63. The van der Waals surface area contributed by atoms with Crippen LogP contribution in [0.25, 0.3) is 0 Å². The summed E-state index contributed by atoms with van der Waals surface area (Å²) in [6, 6.07) is 5.80. The number of hydrogen-bond acceptors (Lipinski definition) is 3. The fourth-order valence-corrected chi connectivity index (χ4v) is 1.88. The Bertz CT molecular complexity index is 416. The monoisotopic (exact) mass is 290 g/mol. The van der Waals surface area contributed by atoms with Gasteiger partial charge in [-0.25, -0.2) is 4.79 Å². The van der Waals surface area contributed by atoms with E-state index in [1.54, 1.807) is 25.1 Å². The number of alkyl halides is 2. The normalized spacial score (nSPS) is 12.3. The van der Waals surface area contributed by atoms with Crippen molar-refractivity contribution in [3.8, 4) is 0 Å². The van der Waals surface area contributed by atoms with Crippen molar-refractivity contribution >= 4 is 23.5 Å². The van der Waals surface area contributed by atoms with Crippen LogP contribution in [0.15, 0.2) is 29.2 Å². The molecule has 0 aliphatic rings. The largest absolute Gasteiger partial charge is 0.393 e. The molecule has 3 N–H and O–H groups in total. The number of urea groups is 1. The molecule has 0 aliphatic carbocycles. The molecule has 1 aromatic carbocycles. The molecule has 0 aliphatic heterocycles. The Kier molecular flexibility index (Phi) is 6.58. The van der Waals surface area contributed by atoms with E-state index in [1.165, 1.54) is 6.07 Å². The minimum absolute atomic E-state index is 0.342. The zero-order valence-electron chi connectivity index (χ0n) is 10.4. The highest BCUT2D eigenvalue weighted by molar-refractivity contribution is 7.99. The predicted molar refractivity (Wildman–Crippen MR) is 71.6 cm³/mol. The predicted octanol–water partition coefficient (Wildman–Crippen LogP) is 2.89. The van der Waals surface area contributed by atoms with Crippen molar-refractivity contribution in [1.29, 1.82) is 0 Å². The molecular weight excluding hydrogens is 274 g/mol. The number of benzene rings is 1. The molecule has 1 aromatic rings. The first-order valence-electron chi connectivity index (χ1n) is 5.75. The van der Waals surface area contributed by atoms with Gasteiger partial charge >= 0.3 is 6.03 Å². The van der Waals surface area contributed by atoms with Gasteiger partial charge in [-0.1, -0.05) is 17.8 Å². The second-order valence-electron chi connectivity index (χ2n) is 3.92. The maximum atomic E-state index is 12.2. The first-order chi connectivity index (χ1) is 8.97. The van der Waals surface area contributed by atoms with Crippen LogP contribution in [0, 0.1) is 0 Å². The van der Waals surface area contributed by atoms with E-state index < -0.39 is 17.9 Å². The quantitative estimate of drug-likeness (QED) is 0.706. The summed E-state index contributed by atoms with van der Waals surface area (Å²) in [5, 5.41) is 14.1. The van der Waals surface area contributed by atoms with Crippen LogP contribution in [0.4, 0.5) is 19.3 Å². The highest BCUT2D eigenvalue weighted by Crippen LogP contribution is 2.27. The molecule has 7 heteroatoms. The van der Waals surface area contributed by atoms with Gasteiger partial charge in [-0.3, -0.25) is 0 Å². The smallest absolute Gasteiger partial charge is 0.319 e. The molecule has 0 aromatic heterocycles. The van der Waals surface area contributed by atoms with Crippen LogP contribution in [-0.4, -0.2) is 29.5 Å². The minimum atomic E-state index is -2.49. The highest BCUT2D eigenvalue weighted by atomic mass is 32.2. The molecule has 0 heterocycles. The lowest BCUT2D eigenvalue weighted by Crippen LogP contribution is -2.30. The number of nitrogens with one attached hydrogen (secondary N) is 2. The van der Waals surface area contributed by atoms with Gasteiger partial charge in [0.2, 0.25) is 0 Å². The number of hydrogen-bond donors (Lipinski definition) is 3. The summed E-state index contributed by atoms with van der Waals surface area (Å²) in [5.74, 6) is -2.49. The van der Waals surface area contributed by atoms with Crippen LogP contribution in [-0.2, 0) is 0 Å². The number of carbonyl (C=O) groups is 1. The van der Waals surface area contributed by atoms with Crippen molar-refractivity contribution in [2.24, 2.45) is 0 Å². The van der Waals surface area contributed by atoms with Gasteiger partial charge in [0.25, 0.3) is 5.76 Å². The number of carbonyl (C=O) groups excluding carboxylic acids is 1. The van der Waals surface area contributed by atoms with Gasteiger partial charge in [0.1, 0.15) is 0 Å². The van der Waals surface area contributed by atoms with Gasteiger partial charge in [-0.05, 0) is 31.5 Å². The summed E-state index contributed by atoms with van der Waals surface area (Å²) in [4.78, 5) is 11.9. The highest BCUT2D eigenvalue weighted by Gasteiger charge is 2.07. The van der Waals surface area contributed by atoms with Crippen molar-refractivity contribution in [1.82, 2.24) is 5.32 Å². The fourth-order valence-electron chi connectivity index (χ4n) is 1.32. The van der Waals surface area contributed by atoms with Crippen molar-refractivity contribution in [3.63, 3.8) is 0 Å². The van der Waals surface area contributed by atoms with Crippen LogP contribution >= 0.6 is 11.8 Å². The van der Waals surface area contributed by atoms with E-state index in [4.69, 9.17) is 5.11 Å². The van der Waals surface area contributed by atoms with Gasteiger partial charge in [-0.15, -0.1) is 0 Å². The number of aliphatic hydroxyl groups excluding tert-OH is 1. The molecule has 2 amide bonds. The lowest BCUT2D eigenvalue weighted by atomic mass is 10.3. The van der Waals surface area contributed by atoms with Crippen LogP contribution in [0.1, 0.15) is 13.3 Å². The third-order valence-electron chi connectivity index (χ3n) is 2.16. The molecule has 0 saturated heterocycles. The molecule has 4 nitrogen and oxygen atoms in total. The maximum Gasteiger partial charge on any atom is 0.319 e. The van der Waals surface area contributed by atoms with Crippen LogP contribution in [0.3, 0.4) is 0 Å². The number of amides is 2. The van der Waals surface area contributed by atoms with Gasteiger partial charge in [0.05, 0.1) is 6.10 Å². The second-order valence-corrected chi connectivity index (χ2v) is 4.99. The second kappa shape index (κ2) is 7.96. The molecule has 106 valence electrons. The maximum absolute atomic E-state index is 12.2. The first kappa shape index (κ1) is 15.7. The molecule has 0 radical (unpaired) electrons. The van der Waals surface area contributed by atoms with Crippen LogP contribution in [0.2, 0.25) is 0 Å². The molecule has 0 saturated carbocycles. The van der Waals surface area contributed by atoms with E-state index in [1.807, 2.05) is 0 Å². The third kappa shape index (κ3) is 6.97. The summed E-state index contributed by atoms with van der Waals surface area (Å²) in [5.41, 5.74) is 0.445. The Morgan fingerprint density at radius 3 is 2.84 bits per heavy atom. The van der Waals surface area contributed by atoms with Crippen LogP contribution in [0.5, 0.6) is 0 Å². The van der Waals surface area contributed by atoms with Gasteiger partial charge < -0.3 is 15.7 Å². The average Bonchev–Trinajstić information content (AvgIpc) is 2.27. The summed E-state index contributed by atoms with van der Waals surface area (Å²) in [6.45, 7) is 1.97. The summed E-state index contributed by atoms with van der Waals surface area (Å²) >= 11 is 0.423. The van der Waals surface area contributed by atoms with E-state index in [0.29, 0.717) is 35.3 Å². The Balaban J connectivity index is 2.45. The van der Waals surface area contributed by atoms with Crippen molar-refractivity contribution < 1.29 is 18.7 Å². The SMILES string of the molecule is CC(O)CCNC(=O)Nc1cccc(SC(F)F)c1. The molecule has 1 atom stereocenters. The number of aliphatic hydroxyl groups is 1. The van der Waals surface area contributed by atoms with E-state index >= 15 is 0 Å². The van der Waals surface area contributed by atoms with Crippen molar-refractivity contribution in [2.75, 3.05) is 11.9 Å². The van der Waals surface area contributed by atoms with E-state index in [0.717, 1.165) is 0 Å².